The third kappa shape index (κ3) is 5.93. The van der Waals surface area contributed by atoms with Crippen molar-refractivity contribution in [3.05, 3.63) is 72.7 Å². The van der Waals surface area contributed by atoms with Crippen molar-refractivity contribution in [2.75, 3.05) is 33.8 Å². The Bertz CT molecular complexity index is 1610. The number of hydrogen-bond acceptors (Lipinski definition) is 9. The maximum absolute atomic E-state index is 13.1. The largest absolute Gasteiger partial charge is 0.495 e. The molecule has 41 heavy (non-hydrogen) atoms. The van der Waals surface area contributed by atoms with Crippen molar-refractivity contribution in [2.24, 2.45) is 5.73 Å². The monoisotopic (exact) mass is 579 g/mol. The van der Waals surface area contributed by atoms with Crippen LogP contribution in [0.5, 0.6) is 23.0 Å². The number of furan rings is 1. The van der Waals surface area contributed by atoms with Crippen LogP contribution >= 0.6 is 12.4 Å². The van der Waals surface area contributed by atoms with Crippen molar-refractivity contribution in [1.82, 2.24) is 5.16 Å². The number of benzene rings is 3. The average Bonchev–Trinajstić information content (AvgIpc) is 3.63. The lowest BCUT2D eigenvalue weighted by Gasteiger charge is -2.15. The van der Waals surface area contributed by atoms with Crippen LogP contribution in [0.2, 0.25) is 0 Å². The van der Waals surface area contributed by atoms with E-state index >= 15 is 0 Å². The van der Waals surface area contributed by atoms with E-state index in [4.69, 9.17) is 33.6 Å². The predicted molar refractivity (Wildman–Crippen MR) is 157 cm³/mol. The number of nitrogens with one attached hydrogen (secondary N) is 1. The van der Waals surface area contributed by atoms with Crippen molar-refractivity contribution < 1.29 is 32.7 Å². The Balaban J connectivity index is 0.00000387. The molecule has 0 saturated heterocycles. The molecule has 1 amide bonds. The molecule has 0 spiro atoms. The summed E-state index contributed by atoms with van der Waals surface area (Å²) in [5.74, 6) is 2.14. The molecule has 0 radical (unpaired) electrons. The lowest BCUT2D eigenvalue weighted by Crippen LogP contribution is -2.37. The Labute approximate surface area is 242 Å². The van der Waals surface area contributed by atoms with Gasteiger partial charge in [-0.25, -0.2) is 0 Å². The molecule has 11 heteroatoms. The Morgan fingerprint density at radius 3 is 2.27 bits per heavy atom. The van der Waals surface area contributed by atoms with Gasteiger partial charge in [0.15, 0.2) is 11.5 Å². The smallest absolute Gasteiger partial charge is 0.241 e. The number of hydrogen-bond donors (Lipinski definition) is 2. The molecule has 0 saturated carbocycles. The van der Waals surface area contributed by atoms with E-state index in [0.717, 1.165) is 16.5 Å². The fourth-order valence-corrected chi connectivity index (χ4v) is 4.51. The molecule has 0 aliphatic carbocycles. The molecule has 10 nitrogen and oxygen atoms in total. The highest BCUT2D eigenvalue weighted by Crippen LogP contribution is 2.43. The standard InChI is InChI=1S/C30H29N3O7.ClH/c1-35-25-10-9-17(21-16-39-33-28(21)19-13-26(36-2)29(38-4)27(14-19)37-3)12-23(25)32-30(34)22(31)15-20-11-18-7-5-6-8-24(18)40-20;/h5-14,16,22H,15,31H2,1-4H3,(H,32,34);1H. The number of nitrogens with zero attached hydrogens (tertiary/aromatic N) is 1. The second-order valence-corrected chi connectivity index (χ2v) is 8.96. The first kappa shape index (κ1) is 29.3. The van der Waals surface area contributed by atoms with Crippen LogP contribution in [0, 0.1) is 0 Å². The molecule has 5 rings (SSSR count). The zero-order chi connectivity index (χ0) is 28.2. The summed E-state index contributed by atoms with van der Waals surface area (Å²) in [4.78, 5) is 13.1. The number of para-hydroxylation sites is 1. The SMILES string of the molecule is COc1ccc(-c2conc2-c2cc(OC)c(OC)c(OC)c2)cc1NC(=O)C(N)Cc1cc2ccccc2o1.Cl. The normalized spacial score (nSPS) is 11.4. The van der Waals surface area contributed by atoms with E-state index in [-0.39, 0.29) is 24.7 Å². The van der Waals surface area contributed by atoms with Gasteiger partial charge in [-0.1, -0.05) is 29.4 Å². The average molecular weight is 580 g/mol. The number of halogens is 1. The fourth-order valence-electron chi connectivity index (χ4n) is 4.51. The summed E-state index contributed by atoms with van der Waals surface area (Å²) < 4.78 is 33.1. The van der Waals surface area contributed by atoms with Gasteiger partial charge in [-0.2, -0.15) is 0 Å². The van der Waals surface area contributed by atoms with Gasteiger partial charge in [0, 0.05) is 22.9 Å². The van der Waals surface area contributed by atoms with Crippen LogP contribution < -0.4 is 30.0 Å². The van der Waals surface area contributed by atoms with Gasteiger partial charge < -0.3 is 38.9 Å². The summed E-state index contributed by atoms with van der Waals surface area (Å²) >= 11 is 0. The molecule has 214 valence electrons. The number of nitrogens with two attached hydrogens (primary N) is 1. The summed E-state index contributed by atoms with van der Waals surface area (Å²) in [6, 6.07) is 17.6. The molecule has 0 fully saturated rings. The van der Waals surface area contributed by atoms with E-state index in [9.17, 15) is 4.79 Å². The number of carbonyl (C=O) groups excluding carboxylic acids is 1. The van der Waals surface area contributed by atoms with E-state index in [1.807, 2.05) is 36.4 Å². The molecule has 2 heterocycles. The van der Waals surface area contributed by atoms with Crippen molar-refractivity contribution in [3.8, 4) is 45.4 Å². The summed E-state index contributed by atoms with van der Waals surface area (Å²) in [5, 5.41) is 8.06. The molecule has 5 aromatic rings. The number of ether oxygens (including phenoxy) is 4. The summed E-state index contributed by atoms with van der Waals surface area (Å²) in [6.45, 7) is 0. The lowest BCUT2D eigenvalue weighted by atomic mass is 10.00. The molecule has 1 atom stereocenters. The van der Waals surface area contributed by atoms with E-state index < -0.39 is 6.04 Å². The summed E-state index contributed by atoms with van der Waals surface area (Å²) in [7, 11) is 6.15. The number of aromatic nitrogens is 1. The van der Waals surface area contributed by atoms with Gasteiger partial charge in [-0.15, -0.1) is 12.4 Å². The van der Waals surface area contributed by atoms with E-state index in [0.29, 0.717) is 51.3 Å². The first-order valence-electron chi connectivity index (χ1n) is 12.4. The second-order valence-electron chi connectivity index (χ2n) is 8.96. The maximum Gasteiger partial charge on any atom is 0.241 e. The molecule has 3 N–H and O–H groups in total. The van der Waals surface area contributed by atoms with Gasteiger partial charge in [0.2, 0.25) is 11.7 Å². The Kier molecular flexibility index (Phi) is 9.06. The maximum atomic E-state index is 13.1. The Morgan fingerprint density at radius 1 is 0.902 bits per heavy atom. The second kappa shape index (κ2) is 12.7. The van der Waals surface area contributed by atoms with Crippen LogP contribution in [0.15, 0.2) is 75.9 Å². The first-order chi connectivity index (χ1) is 19.4. The molecule has 0 aliphatic rings. The van der Waals surface area contributed by atoms with Crippen molar-refractivity contribution in [2.45, 2.75) is 12.5 Å². The molecule has 0 bridgehead atoms. The van der Waals surface area contributed by atoms with Gasteiger partial charge >= 0.3 is 0 Å². The van der Waals surface area contributed by atoms with Crippen LogP contribution in [0.25, 0.3) is 33.4 Å². The zero-order valence-electron chi connectivity index (χ0n) is 22.9. The number of rotatable bonds is 10. The first-order valence-corrected chi connectivity index (χ1v) is 12.4. The highest BCUT2D eigenvalue weighted by molar-refractivity contribution is 5.97. The highest BCUT2D eigenvalue weighted by Gasteiger charge is 2.22. The van der Waals surface area contributed by atoms with Crippen LogP contribution in [0.1, 0.15) is 5.76 Å². The zero-order valence-corrected chi connectivity index (χ0v) is 23.7. The number of carbonyl (C=O) groups is 1. The minimum Gasteiger partial charge on any atom is -0.495 e. The Morgan fingerprint density at radius 2 is 1.61 bits per heavy atom. The van der Waals surface area contributed by atoms with Crippen molar-refractivity contribution in [3.63, 3.8) is 0 Å². The summed E-state index contributed by atoms with van der Waals surface area (Å²) in [5.41, 5.74) is 10.1. The van der Waals surface area contributed by atoms with E-state index in [1.54, 1.807) is 38.5 Å². The molecule has 3 aromatic carbocycles. The minimum atomic E-state index is -0.848. The number of fused-ring (bicyclic) bond motifs is 1. The third-order valence-electron chi connectivity index (χ3n) is 6.51. The molecular weight excluding hydrogens is 550 g/mol. The highest BCUT2D eigenvalue weighted by atomic mass is 35.5. The molecule has 2 aromatic heterocycles. The van der Waals surface area contributed by atoms with Gasteiger partial charge in [0.1, 0.15) is 29.0 Å². The summed E-state index contributed by atoms with van der Waals surface area (Å²) in [6.07, 6.45) is 1.76. The van der Waals surface area contributed by atoms with Crippen molar-refractivity contribution in [1.29, 1.82) is 0 Å². The topological polar surface area (TPSA) is 131 Å². The van der Waals surface area contributed by atoms with Gasteiger partial charge in [-0.3, -0.25) is 4.79 Å². The van der Waals surface area contributed by atoms with Gasteiger partial charge in [-0.05, 0) is 42.0 Å². The van der Waals surface area contributed by atoms with E-state index in [1.165, 1.54) is 20.5 Å². The number of methoxy groups -OCH3 is 4. The number of amides is 1. The molecule has 0 aliphatic heterocycles. The van der Waals surface area contributed by atoms with Crippen LogP contribution in [0.3, 0.4) is 0 Å². The number of anilines is 1. The van der Waals surface area contributed by atoms with Gasteiger partial charge in [0.05, 0.1) is 40.2 Å². The molecule has 1 unspecified atom stereocenters. The van der Waals surface area contributed by atoms with E-state index in [2.05, 4.69) is 10.5 Å². The van der Waals surface area contributed by atoms with Gasteiger partial charge in [0.25, 0.3) is 0 Å². The van der Waals surface area contributed by atoms with Crippen molar-refractivity contribution >= 4 is 35.0 Å². The quantitative estimate of drug-likeness (QED) is 0.213. The fraction of sp³-hybridized carbons (Fsp3) is 0.200. The molecular formula is C30H30ClN3O7. The van der Waals surface area contributed by atoms with Crippen LogP contribution in [-0.2, 0) is 11.2 Å². The van der Waals surface area contributed by atoms with Crippen LogP contribution in [0.4, 0.5) is 5.69 Å². The predicted octanol–water partition coefficient (Wildman–Crippen LogP) is 5.72. The lowest BCUT2D eigenvalue weighted by molar-refractivity contribution is -0.117. The Hall–Kier alpha value is -4.67. The van der Waals surface area contributed by atoms with Crippen LogP contribution in [-0.4, -0.2) is 45.5 Å². The minimum absolute atomic E-state index is 0. The third-order valence-corrected chi connectivity index (χ3v) is 6.51.